The van der Waals surface area contributed by atoms with E-state index in [1.165, 1.54) is 11.3 Å². The van der Waals surface area contributed by atoms with E-state index < -0.39 is 0 Å². The van der Waals surface area contributed by atoms with Gasteiger partial charge in [-0.15, -0.1) is 11.3 Å². The Labute approximate surface area is 151 Å². The van der Waals surface area contributed by atoms with Gasteiger partial charge in [0, 0.05) is 22.8 Å². The molecular weight excluding hydrogens is 330 g/mol. The van der Waals surface area contributed by atoms with E-state index in [9.17, 15) is 5.26 Å². The van der Waals surface area contributed by atoms with E-state index >= 15 is 0 Å². The van der Waals surface area contributed by atoms with E-state index in [1.807, 2.05) is 66.9 Å². The highest BCUT2D eigenvalue weighted by Crippen LogP contribution is 2.27. The van der Waals surface area contributed by atoms with Crippen molar-refractivity contribution in [3.8, 4) is 23.1 Å². The molecule has 0 spiro atoms. The van der Waals surface area contributed by atoms with E-state index in [-0.39, 0.29) is 0 Å². The van der Waals surface area contributed by atoms with Crippen molar-refractivity contribution in [2.45, 2.75) is 6.92 Å². The molecule has 1 heterocycles. The molecule has 0 aliphatic rings. The summed E-state index contributed by atoms with van der Waals surface area (Å²) in [5.41, 5.74) is 3.28. The van der Waals surface area contributed by atoms with Crippen LogP contribution in [-0.4, -0.2) is 11.6 Å². The van der Waals surface area contributed by atoms with Gasteiger partial charge in [-0.25, -0.2) is 4.98 Å². The van der Waals surface area contributed by atoms with Crippen molar-refractivity contribution in [3.63, 3.8) is 0 Å². The lowest BCUT2D eigenvalue weighted by Crippen LogP contribution is -1.91. The summed E-state index contributed by atoms with van der Waals surface area (Å²) < 4.78 is 5.45. The van der Waals surface area contributed by atoms with Crippen LogP contribution < -0.4 is 10.1 Å². The van der Waals surface area contributed by atoms with Gasteiger partial charge in [0.05, 0.1) is 12.3 Å². The third-order valence-corrected chi connectivity index (χ3v) is 4.35. The van der Waals surface area contributed by atoms with Gasteiger partial charge in [-0.2, -0.15) is 5.26 Å². The van der Waals surface area contributed by atoms with Crippen molar-refractivity contribution >= 4 is 22.6 Å². The highest BCUT2D eigenvalue weighted by atomic mass is 32.1. The Morgan fingerprint density at radius 1 is 1.20 bits per heavy atom. The third-order valence-electron chi connectivity index (χ3n) is 3.47. The lowest BCUT2D eigenvalue weighted by Gasteiger charge is -2.03. The fourth-order valence-corrected chi connectivity index (χ4v) is 3.04. The van der Waals surface area contributed by atoms with E-state index in [1.54, 1.807) is 6.20 Å². The molecule has 0 radical (unpaired) electrons. The third kappa shape index (κ3) is 4.25. The largest absolute Gasteiger partial charge is 0.494 e. The van der Waals surface area contributed by atoms with E-state index in [2.05, 4.69) is 16.4 Å². The van der Waals surface area contributed by atoms with Gasteiger partial charge in [-0.1, -0.05) is 18.2 Å². The summed E-state index contributed by atoms with van der Waals surface area (Å²) in [6.45, 7) is 2.60. The second-order valence-corrected chi connectivity index (χ2v) is 6.03. The first kappa shape index (κ1) is 16.7. The van der Waals surface area contributed by atoms with Crippen LogP contribution in [0, 0.1) is 11.3 Å². The Hall–Kier alpha value is -3.10. The maximum atomic E-state index is 9.42. The number of nitrogens with one attached hydrogen (secondary N) is 1. The standard InChI is InChI=1S/C20H17N3OS/c1-2-24-18-10-8-15(9-11-18)19-14-25-20(23-19)16(12-21)13-22-17-6-4-3-5-7-17/h3-11,13-14,22H,2H2,1H3/b16-13-. The molecule has 0 aliphatic carbocycles. The number of ether oxygens (including phenoxy) is 1. The minimum absolute atomic E-state index is 0.506. The maximum absolute atomic E-state index is 9.42. The number of allylic oxidation sites excluding steroid dienone is 1. The molecule has 0 unspecified atom stereocenters. The Bertz CT molecular complexity index is 893. The quantitative estimate of drug-likeness (QED) is 0.624. The summed E-state index contributed by atoms with van der Waals surface area (Å²) in [6, 6.07) is 19.7. The number of nitriles is 1. The van der Waals surface area contributed by atoms with Crippen LogP contribution in [0.1, 0.15) is 11.9 Å². The number of hydrogen-bond acceptors (Lipinski definition) is 5. The molecule has 0 amide bonds. The van der Waals surface area contributed by atoms with Gasteiger partial charge in [0.25, 0.3) is 0 Å². The summed E-state index contributed by atoms with van der Waals surface area (Å²) in [5, 5.41) is 15.2. The van der Waals surface area contributed by atoms with Crippen molar-refractivity contribution in [2.75, 3.05) is 11.9 Å². The van der Waals surface area contributed by atoms with Crippen molar-refractivity contribution in [1.82, 2.24) is 4.98 Å². The predicted molar refractivity (Wildman–Crippen MR) is 102 cm³/mol. The zero-order valence-electron chi connectivity index (χ0n) is 13.8. The summed E-state index contributed by atoms with van der Waals surface area (Å²) in [6.07, 6.45) is 1.69. The second-order valence-electron chi connectivity index (χ2n) is 5.18. The number of thiazole rings is 1. The lowest BCUT2D eigenvalue weighted by molar-refractivity contribution is 0.340. The monoisotopic (exact) mass is 347 g/mol. The average Bonchev–Trinajstić information content (AvgIpc) is 3.14. The molecule has 1 N–H and O–H groups in total. The van der Waals surface area contributed by atoms with Gasteiger partial charge in [-0.3, -0.25) is 0 Å². The van der Waals surface area contributed by atoms with Crippen LogP contribution in [0.25, 0.3) is 16.8 Å². The molecule has 124 valence electrons. The van der Waals surface area contributed by atoms with Crippen molar-refractivity contribution in [2.24, 2.45) is 0 Å². The Balaban J connectivity index is 1.78. The molecule has 0 fully saturated rings. The highest BCUT2D eigenvalue weighted by molar-refractivity contribution is 7.11. The summed E-state index contributed by atoms with van der Waals surface area (Å²) >= 11 is 1.45. The van der Waals surface area contributed by atoms with Gasteiger partial charge in [-0.05, 0) is 43.3 Å². The first-order chi connectivity index (χ1) is 12.3. The normalized spacial score (nSPS) is 11.0. The van der Waals surface area contributed by atoms with Crippen molar-refractivity contribution in [1.29, 1.82) is 5.26 Å². The van der Waals surface area contributed by atoms with Crippen LogP contribution in [0.5, 0.6) is 5.75 Å². The van der Waals surface area contributed by atoms with E-state index in [0.29, 0.717) is 17.2 Å². The lowest BCUT2D eigenvalue weighted by atomic mass is 10.2. The first-order valence-electron chi connectivity index (χ1n) is 7.91. The predicted octanol–water partition coefficient (Wildman–Crippen LogP) is 5.19. The number of rotatable bonds is 6. The molecule has 0 saturated carbocycles. The van der Waals surface area contributed by atoms with Gasteiger partial charge >= 0.3 is 0 Å². The molecule has 25 heavy (non-hydrogen) atoms. The number of para-hydroxylation sites is 1. The molecule has 0 aliphatic heterocycles. The molecule has 0 bridgehead atoms. The summed E-state index contributed by atoms with van der Waals surface area (Å²) in [5.74, 6) is 0.839. The Kier molecular flexibility index (Phi) is 5.45. The Morgan fingerprint density at radius 3 is 2.64 bits per heavy atom. The second kappa shape index (κ2) is 8.13. The molecule has 4 nitrogen and oxygen atoms in total. The van der Waals surface area contributed by atoms with Crippen LogP contribution in [-0.2, 0) is 0 Å². The molecule has 1 aromatic heterocycles. The van der Waals surface area contributed by atoms with Gasteiger partial charge in [0.1, 0.15) is 22.4 Å². The zero-order valence-corrected chi connectivity index (χ0v) is 14.6. The maximum Gasteiger partial charge on any atom is 0.136 e. The van der Waals surface area contributed by atoms with E-state index in [0.717, 1.165) is 22.7 Å². The fourth-order valence-electron chi connectivity index (χ4n) is 2.25. The van der Waals surface area contributed by atoms with Crippen LogP contribution >= 0.6 is 11.3 Å². The fraction of sp³-hybridized carbons (Fsp3) is 0.100. The number of hydrogen-bond donors (Lipinski definition) is 1. The molecule has 5 heteroatoms. The molecule has 3 aromatic rings. The molecule has 2 aromatic carbocycles. The molecule has 0 saturated heterocycles. The van der Waals surface area contributed by atoms with E-state index in [4.69, 9.17) is 4.74 Å². The summed E-state index contributed by atoms with van der Waals surface area (Å²) in [7, 11) is 0. The molecule has 0 atom stereocenters. The van der Waals surface area contributed by atoms with Crippen molar-refractivity contribution < 1.29 is 4.74 Å². The average molecular weight is 347 g/mol. The number of aromatic nitrogens is 1. The van der Waals surface area contributed by atoms with Gasteiger partial charge < -0.3 is 10.1 Å². The summed E-state index contributed by atoms with van der Waals surface area (Å²) in [4.78, 5) is 4.59. The minimum Gasteiger partial charge on any atom is -0.494 e. The first-order valence-corrected chi connectivity index (χ1v) is 8.79. The molecular formula is C20H17N3OS. The van der Waals surface area contributed by atoms with Gasteiger partial charge in [0.2, 0.25) is 0 Å². The van der Waals surface area contributed by atoms with Gasteiger partial charge in [0.15, 0.2) is 0 Å². The number of benzene rings is 2. The molecule has 3 rings (SSSR count). The highest BCUT2D eigenvalue weighted by Gasteiger charge is 2.09. The van der Waals surface area contributed by atoms with Crippen LogP contribution in [0.15, 0.2) is 66.2 Å². The Morgan fingerprint density at radius 2 is 1.96 bits per heavy atom. The smallest absolute Gasteiger partial charge is 0.136 e. The number of anilines is 1. The zero-order chi connectivity index (χ0) is 17.5. The minimum atomic E-state index is 0.506. The van der Waals surface area contributed by atoms with Crippen LogP contribution in [0.4, 0.5) is 5.69 Å². The SMILES string of the molecule is CCOc1ccc(-c2csc(/C(C#N)=C\Nc3ccccc3)n2)cc1. The van der Waals surface area contributed by atoms with Crippen LogP contribution in [0.2, 0.25) is 0 Å². The van der Waals surface area contributed by atoms with Crippen LogP contribution in [0.3, 0.4) is 0 Å². The number of nitrogens with zero attached hydrogens (tertiary/aromatic N) is 2. The van der Waals surface area contributed by atoms with Crippen molar-refractivity contribution in [3.05, 3.63) is 71.2 Å². The topological polar surface area (TPSA) is 57.9 Å².